The third-order valence-corrected chi connectivity index (χ3v) is 4.84. The van der Waals surface area contributed by atoms with E-state index in [1.165, 1.54) is 25.7 Å². The first-order valence-electron chi connectivity index (χ1n) is 8.34. The van der Waals surface area contributed by atoms with Crippen LogP contribution in [-0.2, 0) is 6.42 Å². The highest BCUT2D eigenvalue weighted by Gasteiger charge is 2.31. The minimum atomic E-state index is 0.302. The number of methoxy groups -OCH3 is 1. The van der Waals surface area contributed by atoms with Gasteiger partial charge in [-0.05, 0) is 55.4 Å². The van der Waals surface area contributed by atoms with Gasteiger partial charge in [0.2, 0.25) is 0 Å². The van der Waals surface area contributed by atoms with Gasteiger partial charge in [-0.15, -0.1) is 0 Å². The van der Waals surface area contributed by atoms with Crippen molar-refractivity contribution in [3.8, 4) is 11.5 Å². The number of fused-ring (bicyclic) bond motifs is 1. The lowest BCUT2D eigenvalue weighted by atomic mass is 10.1. The monoisotopic (exact) mass is 299 g/mol. The van der Waals surface area contributed by atoms with Crippen LogP contribution in [0.3, 0.4) is 0 Å². The number of nitrogens with zero attached hydrogens (tertiary/aromatic N) is 1. The van der Waals surface area contributed by atoms with E-state index in [9.17, 15) is 5.11 Å². The van der Waals surface area contributed by atoms with Crippen LogP contribution in [0.5, 0.6) is 11.5 Å². The average Bonchev–Trinajstić information content (AvgIpc) is 3.22. The summed E-state index contributed by atoms with van der Waals surface area (Å²) in [6, 6.07) is 7.56. The number of benzene rings is 1. The SMILES string of the molecule is COc1ccc2nc(CCCCC[C@@H]3CC3C)c(O)cc2c1. The van der Waals surface area contributed by atoms with Crippen LogP contribution in [0, 0.1) is 11.8 Å². The van der Waals surface area contributed by atoms with Crippen LogP contribution in [0.15, 0.2) is 24.3 Å². The molecule has 3 heteroatoms. The molecule has 0 amide bonds. The fourth-order valence-electron chi connectivity index (χ4n) is 3.17. The molecule has 3 rings (SSSR count). The molecule has 118 valence electrons. The van der Waals surface area contributed by atoms with Crippen molar-refractivity contribution in [2.75, 3.05) is 7.11 Å². The standard InChI is InChI=1S/C19H25NO2/c1-13-10-14(13)6-4-3-5-7-18-19(21)12-15-11-16(22-2)8-9-17(15)20-18/h8-9,11-14,21H,3-7,10H2,1-2H3/t13?,14-/m1/s1. The predicted molar refractivity (Wildman–Crippen MR) is 89.4 cm³/mol. The van der Waals surface area contributed by atoms with Gasteiger partial charge in [0, 0.05) is 5.39 Å². The lowest BCUT2D eigenvalue weighted by Crippen LogP contribution is -1.93. The Labute approximate surface area is 132 Å². The Morgan fingerprint density at radius 1 is 1.23 bits per heavy atom. The number of aryl methyl sites for hydroxylation is 1. The fraction of sp³-hybridized carbons (Fsp3) is 0.526. The van der Waals surface area contributed by atoms with Crippen LogP contribution < -0.4 is 4.74 Å². The number of aromatic nitrogens is 1. The molecule has 22 heavy (non-hydrogen) atoms. The topological polar surface area (TPSA) is 42.4 Å². The minimum absolute atomic E-state index is 0.302. The Kier molecular flexibility index (Phi) is 4.51. The Hall–Kier alpha value is -1.77. The molecule has 0 saturated heterocycles. The molecular weight excluding hydrogens is 274 g/mol. The number of hydrogen-bond donors (Lipinski definition) is 1. The number of hydrogen-bond acceptors (Lipinski definition) is 3. The quantitative estimate of drug-likeness (QED) is 0.753. The highest BCUT2D eigenvalue weighted by Crippen LogP contribution is 2.41. The second-order valence-corrected chi connectivity index (χ2v) is 6.59. The summed E-state index contributed by atoms with van der Waals surface area (Å²) in [5.74, 6) is 3.04. The van der Waals surface area contributed by atoms with Crippen LogP contribution in [0.25, 0.3) is 10.9 Å². The van der Waals surface area contributed by atoms with Gasteiger partial charge in [0.1, 0.15) is 11.5 Å². The molecule has 2 aromatic rings. The van der Waals surface area contributed by atoms with Crippen molar-refractivity contribution < 1.29 is 9.84 Å². The summed E-state index contributed by atoms with van der Waals surface area (Å²) in [4.78, 5) is 4.60. The molecule has 1 aliphatic rings. The Bertz CT molecular complexity index is 653. The summed E-state index contributed by atoms with van der Waals surface area (Å²) < 4.78 is 5.21. The van der Waals surface area contributed by atoms with E-state index in [1.54, 1.807) is 13.2 Å². The summed E-state index contributed by atoms with van der Waals surface area (Å²) in [7, 11) is 1.64. The summed E-state index contributed by atoms with van der Waals surface area (Å²) in [6.07, 6.45) is 7.29. The zero-order valence-corrected chi connectivity index (χ0v) is 13.5. The second-order valence-electron chi connectivity index (χ2n) is 6.59. The molecule has 1 saturated carbocycles. The summed E-state index contributed by atoms with van der Waals surface area (Å²) in [6.45, 7) is 2.34. The molecule has 1 aliphatic carbocycles. The first-order chi connectivity index (χ1) is 10.7. The number of ether oxygens (including phenoxy) is 1. The van der Waals surface area contributed by atoms with Gasteiger partial charge in [-0.25, -0.2) is 4.98 Å². The predicted octanol–water partition coefficient (Wildman–Crippen LogP) is 4.71. The molecular formula is C19H25NO2. The highest BCUT2D eigenvalue weighted by atomic mass is 16.5. The molecule has 1 aromatic carbocycles. The van der Waals surface area contributed by atoms with E-state index in [-0.39, 0.29) is 0 Å². The maximum Gasteiger partial charge on any atom is 0.137 e. The first-order valence-corrected chi connectivity index (χ1v) is 8.34. The summed E-state index contributed by atoms with van der Waals surface area (Å²) >= 11 is 0. The molecule has 0 aliphatic heterocycles. The molecule has 0 bridgehead atoms. The van der Waals surface area contributed by atoms with Gasteiger partial charge in [-0.3, -0.25) is 0 Å². The molecule has 0 spiro atoms. The van der Waals surface area contributed by atoms with E-state index >= 15 is 0 Å². The van der Waals surface area contributed by atoms with Gasteiger partial charge in [-0.2, -0.15) is 0 Å². The zero-order valence-electron chi connectivity index (χ0n) is 13.5. The van der Waals surface area contributed by atoms with Gasteiger partial charge in [0.25, 0.3) is 0 Å². The molecule has 0 radical (unpaired) electrons. The molecule has 2 atom stereocenters. The van der Waals surface area contributed by atoms with Crippen LogP contribution in [0.1, 0.15) is 44.7 Å². The minimum Gasteiger partial charge on any atom is -0.506 e. The molecule has 1 fully saturated rings. The van der Waals surface area contributed by atoms with E-state index in [4.69, 9.17) is 4.74 Å². The van der Waals surface area contributed by atoms with Crippen molar-refractivity contribution in [3.05, 3.63) is 30.0 Å². The summed E-state index contributed by atoms with van der Waals surface area (Å²) in [5, 5.41) is 11.1. The number of pyridine rings is 1. The van der Waals surface area contributed by atoms with Gasteiger partial charge in [0.15, 0.2) is 0 Å². The largest absolute Gasteiger partial charge is 0.506 e. The van der Waals surface area contributed by atoms with Crippen molar-refractivity contribution in [2.45, 2.75) is 45.4 Å². The number of rotatable bonds is 7. The number of aromatic hydroxyl groups is 1. The number of unbranched alkanes of at least 4 members (excludes halogenated alkanes) is 2. The molecule has 1 aromatic heterocycles. The van der Waals surface area contributed by atoms with Gasteiger partial charge < -0.3 is 9.84 Å². The third-order valence-electron chi connectivity index (χ3n) is 4.84. The maximum atomic E-state index is 10.2. The van der Waals surface area contributed by atoms with Crippen LogP contribution >= 0.6 is 0 Å². The molecule has 1 N–H and O–H groups in total. The Morgan fingerprint density at radius 2 is 2.05 bits per heavy atom. The zero-order chi connectivity index (χ0) is 15.5. The van der Waals surface area contributed by atoms with E-state index in [0.29, 0.717) is 5.75 Å². The average molecular weight is 299 g/mol. The smallest absolute Gasteiger partial charge is 0.137 e. The summed E-state index contributed by atoms with van der Waals surface area (Å²) in [5.41, 5.74) is 1.73. The lowest BCUT2D eigenvalue weighted by Gasteiger charge is -2.07. The normalized spacial score (nSPS) is 20.3. The third kappa shape index (κ3) is 3.52. The van der Waals surface area contributed by atoms with E-state index in [0.717, 1.165) is 47.0 Å². The van der Waals surface area contributed by atoms with Crippen molar-refractivity contribution in [3.63, 3.8) is 0 Å². The Balaban J connectivity index is 1.57. The van der Waals surface area contributed by atoms with Crippen LogP contribution in [0.2, 0.25) is 0 Å². The molecule has 3 nitrogen and oxygen atoms in total. The van der Waals surface area contributed by atoms with E-state index in [1.807, 2.05) is 18.2 Å². The van der Waals surface area contributed by atoms with Crippen molar-refractivity contribution in [2.24, 2.45) is 11.8 Å². The first kappa shape index (κ1) is 15.1. The van der Waals surface area contributed by atoms with Crippen molar-refractivity contribution >= 4 is 10.9 Å². The van der Waals surface area contributed by atoms with Crippen LogP contribution in [-0.4, -0.2) is 17.2 Å². The Morgan fingerprint density at radius 3 is 2.77 bits per heavy atom. The maximum absolute atomic E-state index is 10.2. The van der Waals surface area contributed by atoms with Gasteiger partial charge in [0.05, 0.1) is 18.3 Å². The van der Waals surface area contributed by atoms with Gasteiger partial charge in [-0.1, -0.05) is 26.2 Å². The van der Waals surface area contributed by atoms with Crippen molar-refractivity contribution in [1.29, 1.82) is 0 Å². The van der Waals surface area contributed by atoms with Gasteiger partial charge >= 0.3 is 0 Å². The lowest BCUT2D eigenvalue weighted by molar-refractivity contribution is 0.415. The highest BCUT2D eigenvalue weighted by molar-refractivity contribution is 5.81. The van der Waals surface area contributed by atoms with Crippen LogP contribution in [0.4, 0.5) is 0 Å². The van der Waals surface area contributed by atoms with Crippen molar-refractivity contribution in [1.82, 2.24) is 4.98 Å². The van der Waals surface area contributed by atoms with E-state index < -0.39 is 0 Å². The second kappa shape index (κ2) is 6.55. The van der Waals surface area contributed by atoms with E-state index in [2.05, 4.69) is 11.9 Å². The fourth-order valence-corrected chi connectivity index (χ4v) is 3.17. The molecule has 1 heterocycles. The molecule has 1 unspecified atom stereocenters.